The summed E-state index contributed by atoms with van der Waals surface area (Å²) in [7, 11) is 1.66. The number of H-pyrrole nitrogens is 1. The summed E-state index contributed by atoms with van der Waals surface area (Å²) in [6.07, 6.45) is 0. The minimum atomic E-state index is 0.669. The molecule has 2 aromatic carbocycles. The molecule has 2 aromatic heterocycles. The average Bonchev–Trinajstić information content (AvgIpc) is 3.10. The van der Waals surface area contributed by atoms with E-state index in [9.17, 15) is 0 Å². The molecule has 0 radical (unpaired) electrons. The highest BCUT2D eigenvalue weighted by Gasteiger charge is 2.09. The Labute approximate surface area is 133 Å². The van der Waals surface area contributed by atoms with E-state index in [1.165, 1.54) is 5.56 Å². The van der Waals surface area contributed by atoms with Gasteiger partial charge in [-0.15, -0.1) is 0 Å². The number of hydrogen-bond acceptors (Lipinski definition) is 4. The van der Waals surface area contributed by atoms with Gasteiger partial charge in [-0.25, -0.2) is 9.50 Å². The predicted octanol–water partition coefficient (Wildman–Crippen LogP) is 3.14. The summed E-state index contributed by atoms with van der Waals surface area (Å²) < 4.78 is 7.05. The Morgan fingerprint density at radius 1 is 1.13 bits per heavy atom. The van der Waals surface area contributed by atoms with Gasteiger partial charge in [-0.2, -0.15) is 4.98 Å². The molecule has 2 heterocycles. The van der Waals surface area contributed by atoms with Crippen LogP contribution in [0.15, 0.2) is 42.5 Å². The number of rotatable bonds is 4. The van der Waals surface area contributed by atoms with E-state index in [1.807, 2.05) is 28.8 Å². The minimum Gasteiger partial charge on any atom is -0.497 e. The van der Waals surface area contributed by atoms with Gasteiger partial charge in [0, 0.05) is 6.54 Å². The number of aromatic nitrogens is 4. The molecule has 0 saturated heterocycles. The molecule has 6 nitrogen and oxygen atoms in total. The van der Waals surface area contributed by atoms with Gasteiger partial charge in [0.25, 0.3) is 5.78 Å². The highest BCUT2D eigenvalue weighted by Crippen LogP contribution is 2.18. The summed E-state index contributed by atoms with van der Waals surface area (Å²) in [4.78, 5) is 9.03. The van der Waals surface area contributed by atoms with Crippen molar-refractivity contribution >= 4 is 22.8 Å². The van der Waals surface area contributed by atoms with Crippen LogP contribution in [0.4, 0.5) is 5.95 Å². The number of anilines is 1. The third kappa shape index (κ3) is 2.48. The van der Waals surface area contributed by atoms with Crippen LogP contribution < -0.4 is 10.1 Å². The van der Waals surface area contributed by atoms with Crippen molar-refractivity contribution in [3.8, 4) is 5.75 Å². The first-order valence-electron chi connectivity index (χ1n) is 7.44. The van der Waals surface area contributed by atoms with Crippen LogP contribution >= 0.6 is 0 Å². The maximum atomic E-state index is 5.16. The number of imidazole rings is 1. The number of benzene rings is 2. The standard InChI is InChI=1S/C17H17N5O/c1-11-3-8-15-14(9-11)19-17-20-16(21-22(15)17)18-10-12-4-6-13(23-2)7-5-12/h3-9H,10H2,1-2H3,(H2,18,19,20,21). The van der Waals surface area contributed by atoms with Gasteiger partial charge in [-0.3, -0.25) is 5.10 Å². The second-order valence-electron chi connectivity index (χ2n) is 5.51. The first-order chi connectivity index (χ1) is 11.2. The van der Waals surface area contributed by atoms with Crippen molar-refractivity contribution in [2.45, 2.75) is 13.5 Å². The second kappa shape index (κ2) is 5.31. The molecule has 0 amide bonds. The summed E-state index contributed by atoms with van der Waals surface area (Å²) >= 11 is 0. The Hall–Kier alpha value is -3.02. The molecule has 0 aliphatic rings. The average molecular weight is 307 g/mol. The highest BCUT2D eigenvalue weighted by molar-refractivity contribution is 5.80. The number of methoxy groups -OCH3 is 1. The van der Waals surface area contributed by atoms with E-state index in [-0.39, 0.29) is 0 Å². The summed E-state index contributed by atoms with van der Waals surface area (Å²) in [5.74, 6) is 2.22. The van der Waals surface area contributed by atoms with Crippen molar-refractivity contribution in [2.75, 3.05) is 12.4 Å². The van der Waals surface area contributed by atoms with Crippen LogP contribution in [0.5, 0.6) is 5.75 Å². The smallest absolute Gasteiger partial charge is 0.253 e. The second-order valence-corrected chi connectivity index (χ2v) is 5.51. The SMILES string of the molecule is COc1ccc(CNc2nc3nc4cc(C)ccc4n3[nH]2)cc1. The molecule has 4 rings (SSSR count). The van der Waals surface area contributed by atoms with Crippen LogP contribution in [0.3, 0.4) is 0 Å². The van der Waals surface area contributed by atoms with Gasteiger partial charge in [-0.1, -0.05) is 18.2 Å². The van der Waals surface area contributed by atoms with Crippen LogP contribution in [0.25, 0.3) is 16.8 Å². The third-order valence-electron chi connectivity index (χ3n) is 3.84. The van der Waals surface area contributed by atoms with E-state index in [2.05, 4.69) is 45.5 Å². The third-order valence-corrected chi connectivity index (χ3v) is 3.84. The minimum absolute atomic E-state index is 0.669. The topological polar surface area (TPSA) is 67.2 Å². The van der Waals surface area contributed by atoms with Gasteiger partial charge < -0.3 is 10.1 Å². The summed E-state index contributed by atoms with van der Waals surface area (Å²) in [6.45, 7) is 2.74. The molecule has 0 aliphatic carbocycles. The lowest BCUT2D eigenvalue weighted by atomic mass is 10.2. The number of aryl methyl sites for hydroxylation is 1. The fourth-order valence-corrected chi connectivity index (χ4v) is 2.60. The van der Waals surface area contributed by atoms with Crippen molar-refractivity contribution in [3.05, 3.63) is 53.6 Å². The molecule has 23 heavy (non-hydrogen) atoms. The molecular formula is C17H17N5O. The number of nitrogens with zero attached hydrogens (tertiary/aromatic N) is 3. The van der Waals surface area contributed by atoms with Gasteiger partial charge in [0.05, 0.1) is 18.1 Å². The molecular weight excluding hydrogens is 290 g/mol. The maximum absolute atomic E-state index is 5.16. The van der Waals surface area contributed by atoms with E-state index in [0.29, 0.717) is 18.3 Å². The van der Waals surface area contributed by atoms with Crippen LogP contribution in [0.2, 0.25) is 0 Å². The molecule has 2 N–H and O–H groups in total. The van der Waals surface area contributed by atoms with Gasteiger partial charge >= 0.3 is 0 Å². The number of ether oxygens (including phenoxy) is 1. The van der Waals surface area contributed by atoms with Crippen LogP contribution in [-0.4, -0.2) is 26.7 Å². The molecule has 116 valence electrons. The summed E-state index contributed by atoms with van der Waals surface area (Å²) in [6, 6.07) is 14.1. The summed E-state index contributed by atoms with van der Waals surface area (Å²) in [5, 5.41) is 6.52. The van der Waals surface area contributed by atoms with E-state index >= 15 is 0 Å². The van der Waals surface area contributed by atoms with E-state index in [1.54, 1.807) is 7.11 Å². The van der Waals surface area contributed by atoms with Crippen LogP contribution in [-0.2, 0) is 6.54 Å². The van der Waals surface area contributed by atoms with Crippen molar-refractivity contribution in [2.24, 2.45) is 0 Å². The Morgan fingerprint density at radius 3 is 2.74 bits per heavy atom. The first-order valence-corrected chi connectivity index (χ1v) is 7.44. The van der Waals surface area contributed by atoms with Gasteiger partial charge in [0.1, 0.15) is 5.75 Å². The molecule has 0 unspecified atom stereocenters. The molecule has 0 fully saturated rings. The van der Waals surface area contributed by atoms with Crippen molar-refractivity contribution in [1.29, 1.82) is 0 Å². The largest absolute Gasteiger partial charge is 0.497 e. The lowest BCUT2D eigenvalue weighted by Crippen LogP contribution is -2.01. The van der Waals surface area contributed by atoms with Gasteiger partial charge in [0.15, 0.2) is 0 Å². The predicted molar refractivity (Wildman–Crippen MR) is 89.9 cm³/mol. The molecule has 0 atom stereocenters. The highest BCUT2D eigenvalue weighted by atomic mass is 16.5. The zero-order valence-corrected chi connectivity index (χ0v) is 13.0. The van der Waals surface area contributed by atoms with Crippen molar-refractivity contribution < 1.29 is 4.74 Å². The van der Waals surface area contributed by atoms with Crippen LogP contribution in [0.1, 0.15) is 11.1 Å². The molecule has 4 aromatic rings. The Kier molecular flexibility index (Phi) is 3.15. The fraction of sp³-hybridized carbons (Fsp3) is 0.176. The molecule has 0 saturated carbocycles. The molecule has 0 bridgehead atoms. The van der Waals surface area contributed by atoms with E-state index < -0.39 is 0 Å². The zero-order chi connectivity index (χ0) is 15.8. The van der Waals surface area contributed by atoms with Crippen molar-refractivity contribution in [1.82, 2.24) is 19.6 Å². The van der Waals surface area contributed by atoms with E-state index in [0.717, 1.165) is 22.3 Å². The fourth-order valence-electron chi connectivity index (χ4n) is 2.60. The number of fused-ring (bicyclic) bond motifs is 3. The zero-order valence-electron chi connectivity index (χ0n) is 13.0. The summed E-state index contributed by atoms with van der Waals surface area (Å²) in [5.41, 5.74) is 4.32. The molecule has 6 heteroatoms. The monoisotopic (exact) mass is 307 g/mol. The van der Waals surface area contributed by atoms with Crippen molar-refractivity contribution in [3.63, 3.8) is 0 Å². The van der Waals surface area contributed by atoms with Crippen LogP contribution in [0, 0.1) is 6.92 Å². The number of hydrogen-bond donors (Lipinski definition) is 2. The maximum Gasteiger partial charge on any atom is 0.253 e. The number of nitrogens with one attached hydrogen (secondary N) is 2. The Bertz CT molecular complexity index is 968. The normalized spacial score (nSPS) is 11.2. The van der Waals surface area contributed by atoms with E-state index in [4.69, 9.17) is 4.74 Å². The first kappa shape index (κ1) is 13.6. The Balaban J connectivity index is 1.57. The lowest BCUT2D eigenvalue weighted by Gasteiger charge is -2.04. The molecule has 0 spiro atoms. The lowest BCUT2D eigenvalue weighted by molar-refractivity contribution is 0.414. The van der Waals surface area contributed by atoms with Gasteiger partial charge in [-0.05, 0) is 42.3 Å². The van der Waals surface area contributed by atoms with Gasteiger partial charge in [0.2, 0.25) is 5.95 Å². The Morgan fingerprint density at radius 2 is 1.96 bits per heavy atom. The number of aromatic amines is 1. The molecule has 0 aliphatic heterocycles. The quantitative estimate of drug-likeness (QED) is 0.608.